The predicted molar refractivity (Wildman–Crippen MR) is 62.9 cm³/mol. The molecular weight excluding hydrogens is 236 g/mol. The summed E-state index contributed by atoms with van der Waals surface area (Å²) in [6.07, 6.45) is 0.0348. The summed E-state index contributed by atoms with van der Waals surface area (Å²) in [5.41, 5.74) is 0.806. The highest BCUT2D eigenvalue weighted by molar-refractivity contribution is 5.92. The van der Waals surface area contributed by atoms with Crippen molar-refractivity contribution in [1.29, 1.82) is 5.26 Å². The topological polar surface area (TPSA) is 99.4 Å². The number of carbonyl (C=O) groups excluding carboxylic acids is 1. The van der Waals surface area contributed by atoms with Gasteiger partial charge in [0.25, 0.3) is 0 Å². The number of para-hydroxylation sites is 1. The lowest BCUT2D eigenvalue weighted by Crippen LogP contribution is -2.16. The van der Waals surface area contributed by atoms with Crippen LogP contribution >= 0.6 is 0 Å². The van der Waals surface area contributed by atoms with Crippen molar-refractivity contribution in [3.05, 3.63) is 29.8 Å². The van der Waals surface area contributed by atoms with E-state index in [0.29, 0.717) is 11.3 Å². The predicted octanol–water partition coefficient (Wildman–Crippen LogP) is 0.988. The van der Waals surface area contributed by atoms with Gasteiger partial charge in [-0.3, -0.25) is 4.79 Å². The van der Waals surface area contributed by atoms with Crippen LogP contribution in [0.3, 0.4) is 0 Å². The second-order valence-corrected chi connectivity index (χ2v) is 3.40. The molecule has 0 bridgehead atoms. The van der Waals surface area contributed by atoms with E-state index >= 15 is 0 Å². The molecule has 0 aromatic heterocycles. The standard InChI is InChI=1S/C12H12N2O4/c13-7-9-3-1-2-4-10(9)14-11(15)5-6-18-8-12(16)17/h1-4H,5-6,8H2,(H,14,15)(H,16,17). The van der Waals surface area contributed by atoms with Crippen LogP contribution in [0.2, 0.25) is 0 Å². The average Bonchev–Trinajstić information content (AvgIpc) is 2.35. The Labute approximate surface area is 104 Å². The van der Waals surface area contributed by atoms with Crippen LogP contribution in [0.4, 0.5) is 5.69 Å². The average molecular weight is 248 g/mol. The molecule has 0 fully saturated rings. The maximum absolute atomic E-state index is 11.5. The normalized spacial score (nSPS) is 9.50. The molecule has 1 rings (SSSR count). The number of aliphatic carboxylic acids is 1. The summed E-state index contributed by atoms with van der Waals surface area (Å²) in [7, 11) is 0. The zero-order valence-electron chi connectivity index (χ0n) is 9.55. The molecule has 0 unspecified atom stereocenters. The van der Waals surface area contributed by atoms with Crippen LogP contribution in [-0.4, -0.2) is 30.2 Å². The molecule has 0 saturated carbocycles. The van der Waals surface area contributed by atoms with Crippen molar-refractivity contribution in [2.24, 2.45) is 0 Å². The maximum Gasteiger partial charge on any atom is 0.329 e. The second kappa shape index (κ2) is 7.04. The number of ether oxygens (including phenoxy) is 1. The molecule has 0 aliphatic heterocycles. The van der Waals surface area contributed by atoms with Gasteiger partial charge in [-0.05, 0) is 12.1 Å². The molecule has 2 N–H and O–H groups in total. The van der Waals surface area contributed by atoms with Gasteiger partial charge < -0.3 is 15.2 Å². The Balaban J connectivity index is 2.41. The number of hydrogen-bond donors (Lipinski definition) is 2. The van der Waals surface area contributed by atoms with E-state index < -0.39 is 12.6 Å². The van der Waals surface area contributed by atoms with Crippen molar-refractivity contribution in [3.63, 3.8) is 0 Å². The Kier molecular flexibility index (Phi) is 5.35. The Morgan fingerprint density at radius 1 is 1.39 bits per heavy atom. The van der Waals surface area contributed by atoms with Gasteiger partial charge in [-0.25, -0.2) is 4.79 Å². The van der Waals surface area contributed by atoms with Gasteiger partial charge in [0.1, 0.15) is 12.7 Å². The molecule has 0 saturated heterocycles. The third-order valence-corrected chi connectivity index (χ3v) is 2.02. The number of amides is 1. The summed E-state index contributed by atoms with van der Waals surface area (Å²) in [4.78, 5) is 21.6. The van der Waals surface area contributed by atoms with Crippen LogP contribution in [0, 0.1) is 11.3 Å². The molecule has 0 atom stereocenters. The van der Waals surface area contributed by atoms with E-state index in [1.807, 2.05) is 6.07 Å². The van der Waals surface area contributed by atoms with E-state index in [0.717, 1.165) is 0 Å². The lowest BCUT2D eigenvalue weighted by atomic mass is 10.2. The zero-order chi connectivity index (χ0) is 13.4. The van der Waals surface area contributed by atoms with Crippen molar-refractivity contribution < 1.29 is 19.4 Å². The molecule has 1 amide bonds. The van der Waals surface area contributed by atoms with Crippen molar-refractivity contribution >= 4 is 17.6 Å². The summed E-state index contributed by atoms with van der Waals surface area (Å²) in [5.74, 6) is -1.41. The summed E-state index contributed by atoms with van der Waals surface area (Å²) in [6, 6.07) is 8.58. The lowest BCUT2D eigenvalue weighted by molar-refractivity contribution is -0.142. The smallest absolute Gasteiger partial charge is 0.329 e. The molecule has 94 valence electrons. The Morgan fingerprint density at radius 3 is 2.78 bits per heavy atom. The van der Waals surface area contributed by atoms with E-state index in [1.54, 1.807) is 24.3 Å². The number of benzene rings is 1. The fraction of sp³-hybridized carbons (Fsp3) is 0.250. The monoisotopic (exact) mass is 248 g/mol. The van der Waals surface area contributed by atoms with Gasteiger partial charge >= 0.3 is 5.97 Å². The van der Waals surface area contributed by atoms with Crippen LogP contribution in [-0.2, 0) is 14.3 Å². The molecule has 0 radical (unpaired) electrons. The number of nitrogens with zero attached hydrogens (tertiary/aromatic N) is 1. The van der Waals surface area contributed by atoms with E-state index in [2.05, 4.69) is 5.32 Å². The van der Waals surface area contributed by atoms with Gasteiger partial charge in [-0.2, -0.15) is 5.26 Å². The highest BCUT2D eigenvalue weighted by Gasteiger charge is 2.06. The minimum absolute atomic E-state index is 0.0207. The number of anilines is 1. The number of hydrogen-bond acceptors (Lipinski definition) is 4. The third-order valence-electron chi connectivity index (χ3n) is 2.02. The number of carbonyl (C=O) groups is 2. The number of nitriles is 1. The first-order valence-corrected chi connectivity index (χ1v) is 5.22. The highest BCUT2D eigenvalue weighted by Crippen LogP contribution is 2.13. The minimum atomic E-state index is -1.08. The maximum atomic E-state index is 11.5. The second-order valence-electron chi connectivity index (χ2n) is 3.40. The summed E-state index contributed by atoms with van der Waals surface area (Å²) < 4.78 is 4.73. The van der Waals surface area contributed by atoms with Gasteiger partial charge in [0.15, 0.2) is 0 Å². The SMILES string of the molecule is N#Cc1ccccc1NC(=O)CCOCC(=O)O. The van der Waals surface area contributed by atoms with E-state index in [9.17, 15) is 9.59 Å². The van der Waals surface area contributed by atoms with Gasteiger partial charge in [0, 0.05) is 0 Å². The van der Waals surface area contributed by atoms with Crippen LogP contribution in [0.25, 0.3) is 0 Å². The molecule has 0 heterocycles. The van der Waals surface area contributed by atoms with Crippen molar-refractivity contribution in [2.75, 3.05) is 18.5 Å². The molecule has 0 aliphatic carbocycles. The molecule has 1 aromatic rings. The number of rotatable bonds is 6. The molecule has 0 spiro atoms. The molecule has 18 heavy (non-hydrogen) atoms. The van der Waals surface area contributed by atoms with Gasteiger partial charge in [0.05, 0.1) is 24.3 Å². The van der Waals surface area contributed by atoms with Crippen LogP contribution in [0.1, 0.15) is 12.0 Å². The van der Waals surface area contributed by atoms with E-state index in [4.69, 9.17) is 15.1 Å². The number of carboxylic acid groups (broad SMARTS) is 1. The van der Waals surface area contributed by atoms with Gasteiger partial charge in [-0.1, -0.05) is 12.1 Å². The fourth-order valence-electron chi connectivity index (χ4n) is 1.23. The van der Waals surface area contributed by atoms with Gasteiger partial charge in [-0.15, -0.1) is 0 Å². The molecule has 0 aliphatic rings. The first-order chi connectivity index (χ1) is 8.63. The highest BCUT2D eigenvalue weighted by atomic mass is 16.5. The van der Waals surface area contributed by atoms with Crippen molar-refractivity contribution in [1.82, 2.24) is 0 Å². The summed E-state index contributed by atoms with van der Waals surface area (Å²) in [5, 5.41) is 19.7. The van der Waals surface area contributed by atoms with Crippen LogP contribution in [0.5, 0.6) is 0 Å². The number of carboxylic acids is 1. The molecule has 6 nitrogen and oxygen atoms in total. The lowest BCUT2D eigenvalue weighted by Gasteiger charge is -2.06. The molecule has 1 aromatic carbocycles. The first kappa shape index (κ1) is 13.7. The van der Waals surface area contributed by atoms with Crippen LogP contribution in [0.15, 0.2) is 24.3 Å². The quantitative estimate of drug-likeness (QED) is 0.731. The van der Waals surface area contributed by atoms with E-state index in [-0.39, 0.29) is 18.9 Å². The first-order valence-electron chi connectivity index (χ1n) is 5.22. The molecular formula is C12H12N2O4. The van der Waals surface area contributed by atoms with Gasteiger partial charge in [0.2, 0.25) is 5.91 Å². The third kappa shape index (κ3) is 4.63. The number of nitrogens with one attached hydrogen (secondary N) is 1. The Morgan fingerprint density at radius 2 is 2.11 bits per heavy atom. The zero-order valence-corrected chi connectivity index (χ0v) is 9.55. The van der Waals surface area contributed by atoms with Crippen molar-refractivity contribution in [2.45, 2.75) is 6.42 Å². The Bertz CT molecular complexity index is 479. The summed E-state index contributed by atoms with van der Waals surface area (Å²) >= 11 is 0. The largest absolute Gasteiger partial charge is 0.480 e. The Hall–Kier alpha value is -2.39. The van der Waals surface area contributed by atoms with Crippen LogP contribution < -0.4 is 5.32 Å². The van der Waals surface area contributed by atoms with E-state index in [1.165, 1.54) is 0 Å². The molecule has 6 heteroatoms. The van der Waals surface area contributed by atoms with Crippen molar-refractivity contribution in [3.8, 4) is 6.07 Å². The summed E-state index contributed by atoms with van der Waals surface area (Å²) in [6.45, 7) is -0.408. The minimum Gasteiger partial charge on any atom is -0.480 e. The fourth-order valence-corrected chi connectivity index (χ4v) is 1.23.